The number of fused-ring (bicyclic) bond motifs is 2. The molecule has 1 spiro atoms. The summed E-state index contributed by atoms with van der Waals surface area (Å²) < 4.78 is 11.3. The Morgan fingerprint density at radius 2 is 2.29 bits per heavy atom. The second-order valence-electron chi connectivity index (χ2n) is 7.23. The van der Waals surface area contributed by atoms with Crippen molar-refractivity contribution in [2.24, 2.45) is 16.3 Å². The molecule has 3 unspecified atom stereocenters. The number of benzene rings is 1. The molecule has 1 aromatic carbocycles. The Bertz CT molecular complexity index is 627. The lowest BCUT2D eigenvalue weighted by molar-refractivity contribution is -0.171. The second kappa shape index (κ2) is 6.28. The number of nitrogens with zero attached hydrogens (tertiary/aromatic N) is 1. The summed E-state index contributed by atoms with van der Waals surface area (Å²) >= 11 is 0. The first-order valence-corrected chi connectivity index (χ1v) is 8.98. The Morgan fingerprint density at radius 1 is 1.42 bits per heavy atom. The van der Waals surface area contributed by atoms with Gasteiger partial charge in [0.1, 0.15) is 5.75 Å². The molecule has 0 amide bonds. The topological polar surface area (TPSA) is 54.9 Å². The van der Waals surface area contributed by atoms with Crippen molar-refractivity contribution in [3.8, 4) is 5.75 Å². The highest BCUT2D eigenvalue weighted by molar-refractivity contribution is 5.80. The molecule has 0 aromatic heterocycles. The largest absolute Gasteiger partial charge is 0.497 e. The normalized spacial score (nSPS) is 30.2. The van der Waals surface area contributed by atoms with Gasteiger partial charge in [-0.25, -0.2) is 0 Å². The van der Waals surface area contributed by atoms with Gasteiger partial charge in [0.25, 0.3) is 0 Å². The molecule has 0 bridgehead atoms. The molecule has 1 saturated heterocycles. The van der Waals surface area contributed by atoms with Crippen molar-refractivity contribution < 1.29 is 9.47 Å². The minimum atomic E-state index is 0.370. The zero-order valence-corrected chi connectivity index (χ0v) is 14.5. The maximum atomic E-state index is 6.00. The van der Waals surface area contributed by atoms with Crippen molar-refractivity contribution in [3.63, 3.8) is 0 Å². The second-order valence-corrected chi connectivity index (χ2v) is 7.23. The summed E-state index contributed by atoms with van der Waals surface area (Å²) in [4.78, 5) is 4.43. The SMILES string of the molecule is CN=C(NCc1cccc(OC)c1)NC1C2CCOC2C12CCC2. The molecule has 3 fully saturated rings. The van der Waals surface area contributed by atoms with Gasteiger partial charge in [0, 0.05) is 37.6 Å². The quantitative estimate of drug-likeness (QED) is 0.657. The van der Waals surface area contributed by atoms with Gasteiger partial charge in [0.15, 0.2) is 5.96 Å². The Labute approximate surface area is 143 Å². The van der Waals surface area contributed by atoms with E-state index in [1.54, 1.807) is 7.11 Å². The predicted molar refractivity (Wildman–Crippen MR) is 94.2 cm³/mol. The van der Waals surface area contributed by atoms with Crippen molar-refractivity contribution in [1.82, 2.24) is 10.6 Å². The number of rotatable bonds is 4. The Hall–Kier alpha value is -1.75. The van der Waals surface area contributed by atoms with E-state index in [0.717, 1.165) is 24.9 Å². The Morgan fingerprint density at radius 3 is 3.00 bits per heavy atom. The zero-order chi connectivity index (χ0) is 16.6. The number of hydrogen-bond donors (Lipinski definition) is 2. The van der Waals surface area contributed by atoms with Gasteiger partial charge >= 0.3 is 0 Å². The first kappa shape index (κ1) is 15.8. The third-order valence-corrected chi connectivity index (χ3v) is 6.15. The van der Waals surface area contributed by atoms with Crippen molar-refractivity contribution >= 4 is 5.96 Å². The molecule has 5 heteroatoms. The van der Waals surface area contributed by atoms with Crippen LogP contribution in [0.15, 0.2) is 29.3 Å². The molecule has 3 aliphatic rings. The van der Waals surface area contributed by atoms with Gasteiger partial charge in [-0.3, -0.25) is 4.99 Å². The molecular formula is C19H27N3O2. The van der Waals surface area contributed by atoms with Crippen molar-refractivity contribution in [2.45, 2.75) is 44.4 Å². The smallest absolute Gasteiger partial charge is 0.191 e. The zero-order valence-electron chi connectivity index (χ0n) is 14.5. The molecule has 1 aromatic rings. The highest BCUT2D eigenvalue weighted by Gasteiger charge is 2.66. The van der Waals surface area contributed by atoms with Gasteiger partial charge in [-0.1, -0.05) is 18.6 Å². The van der Waals surface area contributed by atoms with Crippen LogP contribution >= 0.6 is 0 Å². The summed E-state index contributed by atoms with van der Waals surface area (Å²) in [7, 11) is 3.54. The van der Waals surface area contributed by atoms with Crippen molar-refractivity contribution in [3.05, 3.63) is 29.8 Å². The first-order chi connectivity index (χ1) is 11.8. The van der Waals surface area contributed by atoms with E-state index >= 15 is 0 Å². The van der Waals surface area contributed by atoms with Crippen molar-refractivity contribution in [2.75, 3.05) is 20.8 Å². The summed E-state index contributed by atoms with van der Waals surface area (Å²) in [6, 6.07) is 8.64. The van der Waals surface area contributed by atoms with Gasteiger partial charge in [0.05, 0.1) is 13.2 Å². The average Bonchev–Trinajstić information content (AvgIpc) is 2.99. The highest BCUT2D eigenvalue weighted by atomic mass is 16.5. The monoisotopic (exact) mass is 329 g/mol. The number of guanidine groups is 1. The molecule has 5 nitrogen and oxygen atoms in total. The van der Waals surface area contributed by atoms with Crippen LogP contribution in [0.25, 0.3) is 0 Å². The lowest BCUT2D eigenvalue weighted by Crippen LogP contribution is -2.72. The lowest BCUT2D eigenvalue weighted by atomic mass is 9.46. The van der Waals surface area contributed by atoms with Crippen LogP contribution in [-0.4, -0.2) is 38.9 Å². The third-order valence-electron chi connectivity index (χ3n) is 6.15. The molecule has 2 saturated carbocycles. The molecule has 4 rings (SSSR count). The van der Waals surface area contributed by atoms with E-state index in [0.29, 0.717) is 23.5 Å². The fourth-order valence-electron chi connectivity index (χ4n) is 4.77. The van der Waals surface area contributed by atoms with Crippen LogP contribution in [0.5, 0.6) is 5.75 Å². The van der Waals surface area contributed by atoms with Crippen LogP contribution in [0.3, 0.4) is 0 Å². The van der Waals surface area contributed by atoms with Crippen LogP contribution in [0, 0.1) is 11.3 Å². The predicted octanol–water partition coefficient (Wildman–Crippen LogP) is 2.32. The molecule has 3 atom stereocenters. The van der Waals surface area contributed by atoms with Crippen LogP contribution in [-0.2, 0) is 11.3 Å². The third kappa shape index (κ3) is 2.46. The molecule has 1 aliphatic heterocycles. The maximum Gasteiger partial charge on any atom is 0.191 e. The number of nitrogens with one attached hydrogen (secondary N) is 2. The molecule has 2 aliphatic carbocycles. The van der Waals surface area contributed by atoms with E-state index in [2.05, 4.69) is 27.8 Å². The van der Waals surface area contributed by atoms with E-state index in [4.69, 9.17) is 9.47 Å². The van der Waals surface area contributed by atoms with Gasteiger partial charge in [-0.15, -0.1) is 0 Å². The van der Waals surface area contributed by atoms with Crippen LogP contribution in [0.4, 0.5) is 0 Å². The molecular weight excluding hydrogens is 302 g/mol. The van der Waals surface area contributed by atoms with E-state index in [1.807, 2.05) is 19.2 Å². The number of methoxy groups -OCH3 is 1. The lowest BCUT2D eigenvalue weighted by Gasteiger charge is -2.63. The molecule has 130 valence electrons. The van der Waals surface area contributed by atoms with Crippen LogP contribution < -0.4 is 15.4 Å². The standard InChI is InChI=1S/C19H27N3O2/c1-20-18(21-12-13-5-3-6-14(11-13)23-2)22-16-15-7-10-24-17(15)19(16)8-4-9-19/h3,5-6,11,15-17H,4,7-10,12H2,1-2H3,(H2,20,21,22). The molecule has 1 heterocycles. The van der Waals surface area contributed by atoms with E-state index in [-0.39, 0.29) is 0 Å². The van der Waals surface area contributed by atoms with Gasteiger partial charge in [0.2, 0.25) is 0 Å². The fraction of sp³-hybridized carbons (Fsp3) is 0.632. The van der Waals surface area contributed by atoms with Crippen LogP contribution in [0.1, 0.15) is 31.2 Å². The fourth-order valence-corrected chi connectivity index (χ4v) is 4.77. The van der Waals surface area contributed by atoms with Gasteiger partial charge in [-0.05, 0) is 37.0 Å². The number of hydrogen-bond acceptors (Lipinski definition) is 3. The van der Waals surface area contributed by atoms with E-state index < -0.39 is 0 Å². The summed E-state index contributed by atoms with van der Waals surface area (Å²) in [6.07, 6.45) is 5.58. The van der Waals surface area contributed by atoms with Gasteiger partial charge in [-0.2, -0.15) is 0 Å². The average molecular weight is 329 g/mol. The number of ether oxygens (including phenoxy) is 2. The minimum Gasteiger partial charge on any atom is -0.497 e. The minimum absolute atomic E-state index is 0.370. The van der Waals surface area contributed by atoms with E-state index in [9.17, 15) is 0 Å². The first-order valence-electron chi connectivity index (χ1n) is 8.98. The number of aliphatic imine (C=N–C) groups is 1. The Kier molecular flexibility index (Phi) is 4.12. The molecule has 24 heavy (non-hydrogen) atoms. The Balaban J connectivity index is 1.38. The van der Waals surface area contributed by atoms with Crippen molar-refractivity contribution in [1.29, 1.82) is 0 Å². The summed E-state index contributed by atoms with van der Waals surface area (Å²) in [5.41, 5.74) is 1.56. The van der Waals surface area contributed by atoms with E-state index in [1.165, 1.54) is 31.2 Å². The summed E-state index contributed by atoms with van der Waals surface area (Å²) in [6.45, 7) is 1.66. The van der Waals surface area contributed by atoms with Crippen LogP contribution in [0.2, 0.25) is 0 Å². The maximum absolute atomic E-state index is 6.00. The van der Waals surface area contributed by atoms with Gasteiger partial charge < -0.3 is 20.1 Å². The highest BCUT2D eigenvalue weighted by Crippen LogP contribution is 2.62. The molecule has 2 N–H and O–H groups in total. The molecule has 0 radical (unpaired) electrons. The summed E-state index contributed by atoms with van der Waals surface area (Å²) in [5.74, 6) is 2.43. The summed E-state index contributed by atoms with van der Waals surface area (Å²) in [5, 5.41) is 7.14.